The van der Waals surface area contributed by atoms with Crippen LogP contribution in [0.4, 0.5) is 0 Å². The number of halogens is 1. The van der Waals surface area contributed by atoms with E-state index < -0.39 is 0 Å². The Hall–Kier alpha value is -1.62. The van der Waals surface area contributed by atoms with Gasteiger partial charge in [-0.2, -0.15) is 0 Å². The molecule has 1 aliphatic carbocycles. The molecule has 118 valence electrons. The number of amides is 2. The van der Waals surface area contributed by atoms with E-state index in [4.69, 9.17) is 0 Å². The number of nitrogens with one attached hydrogen (secondary N) is 2. The van der Waals surface area contributed by atoms with Gasteiger partial charge in [0, 0.05) is 16.5 Å². The Balaban J connectivity index is 1.82. The predicted molar refractivity (Wildman–Crippen MR) is 90.8 cm³/mol. The molecule has 5 heteroatoms. The number of rotatable bonds is 3. The molecule has 1 fully saturated rings. The summed E-state index contributed by atoms with van der Waals surface area (Å²) < 4.78 is 0.933. The molecular formula is C17H21BrN2O2. The fourth-order valence-corrected chi connectivity index (χ4v) is 3.19. The predicted octanol–water partition coefficient (Wildman–Crippen LogP) is 3.50. The average molecular weight is 365 g/mol. The van der Waals surface area contributed by atoms with Gasteiger partial charge >= 0.3 is 0 Å². The van der Waals surface area contributed by atoms with Crippen LogP contribution in [0.5, 0.6) is 0 Å². The van der Waals surface area contributed by atoms with Crippen LogP contribution in [0.15, 0.2) is 28.7 Å². The molecular weight excluding hydrogens is 344 g/mol. The smallest absolute Gasteiger partial charge is 0.262 e. The van der Waals surface area contributed by atoms with Crippen LogP contribution in [0.25, 0.3) is 6.08 Å². The lowest BCUT2D eigenvalue weighted by Gasteiger charge is -2.20. The highest BCUT2D eigenvalue weighted by Gasteiger charge is 2.20. The number of hydrogen-bond acceptors (Lipinski definition) is 2. The van der Waals surface area contributed by atoms with E-state index >= 15 is 0 Å². The van der Waals surface area contributed by atoms with Crippen molar-refractivity contribution in [3.05, 3.63) is 39.9 Å². The third-order valence-corrected chi connectivity index (χ3v) is 4.54. The normalized spacial score (nSPS) is 15.7. The number of hydrogen-bond donors (Lipinski definition) is 2. The van der Waals surface area contributed by atoms with Crippen molar-refractivity contribution in [1.29, 1.82) is 0 Å². The molecule has 2 N–H and O–H groups in total. The molecule has 0 spiro atoms. The van der Waals surface area contributed by atoms with Gasteiger partial charge in [0.2, 0.25) is 5.91 Å². The molecule has 1 aromatic carbocycles. The van der Waals surface area contributed by atoms with E-state index in [-0.39, 0.29) is 17.7 Å². The number of carbonyl (C=O) groups excluding carboxylic acids is 2. The van der Waals surface area contributed by atoms with Crippen molar-refractivity contribution in [1.82, 2.24) is 10.9 Å². The molecule has 0 heterocycles. The van der Waals surface area contributed by atoms with E-state index in [0.29, 0.717) is 0 Å². The van der Waals surface area contributed by atoms with Crippen molar-refractivity contribution >= 4 is 33.8 Å². The maximum Gasteiger partial charge on any atom is 0.262 e. The van der Waals surface area contributed by atoms with Crippen LogP contribution >= 0.6 is 15.9 Å². The highest BCUT2D eigenvalue weighted by Crippen LogP contribution is 2.23. The molecule has 2 rings (SSSR count). The summed E-state index contributed by atoms with van der Waals surface area (Å²) in [4.78, 5) is 23.7. The van der Waals surface area contributed by atoms with Crippen molar-refractivity contribution in [3.8, 4) is 0 Å². The first kappa shape index (κ1) is 16.7. The van der Waals surface area contributed by atoms with Gasteiger partial charge in [-0.05, 0) is 43.0 Å². The van der Waals surface area contributed by atoms with E-state index in [1.807, 2.05) is 25.1 Å². The van der Waals surface area contributed by atoms with Crippen LogP contribution in [-0.2, 0) is 9.59 Å². The van der Waals surface area contributed by atoms with Gasteiger partial charge in [-0.3, -0.25) is 20.4 Å². The van der Waals surface area contributed by atoms with Crippen molar-refractivity contribution < 1.29 is 9.59 Å². The summed E-state index contributed by atoms with van der Waals surface area (Å²) in [6, 6.07) is 5.90. The van der Waals surface area contributed by atoms with Gasteiger partial charge in [0.05, 0.1) is 0 Å². The second-order valence-electron chi connectivity index (χ2n) is 5.67. The highest BCUT2D eigenvalue weighted by atomic mass is 79.9. The van der Waals surface area contributed by atoms with Crippen molar-refractivity contribution in [2.75, 3.05) is 0 Å². The fraction of sp³-hybridized carbons (Fsp3) is 0.412. The van der Waals surface area contributed by atoms with Gasteiger partial charge in [-0.15, -0.1) is 0 Å². The first-order valence-corrected chi connectivity index (χ1v) is 8.39. The third kappa shape index (κ3) is 4.98. The van der Waals surface area contributed by atoms with E-state index in [2.05, 4.69) is 26.8 Å². The lowest BCUT2D eigenvalue weighted by atomic mass is 9.89. The molecule has 4 nitrogen and oxygen atoms in total. The summed E-state index contributed by atoms with van der Waals surface area (Å²) in [6.45, 7) is 2.01. The summed E-state index contributed by atoms with van der Waals surface area (Å²) in [7, 11) is 0. The van der Waals surface area contributed by atoms with Gasteiger partial charge in [0.25, 0.3) is 5.91 Å². The number of carbonyl (C=O) groups is 2. The van der Waals surface area contributed by atoms with E-state index in [9.17, 15) is 9.59 Å². The van der Waals surface area contributed by atoms with Gasteiger partial charge in [0.15, 0.2) is 0 Å². The molecule has 0 unspecified atom stereocenters. The molecule has 2 amide bonds. The number of aryl methyl sites for hydroxylation is 1. The summed E-state index contributed by atoms with van der Waals surface area (Å²) in [5.74, 6) is -0.390. The second-order valence-corrected chi connectivity index (χ2v) is 6.53. The van der Waals surface area contributed by atoms with Crippen molar-refractivity contribution in [3.63, 3.8) is 0 Å². The van der Waals surface area contributed by atoms with Crippen LogP contribution in [0, 0.1) is 12.8 Å². The minimum Gasteiger partial charge on any atom is -0.273 e. The minimum absolute atomic E-state index is 0.0317. The molecule has 0 atom stereocenters. The van der Waals surface area contributed by atoms with Crippen LogP contribution in [0.2, 0.25) is 0 Å². The van der Waals surface area contributed by atoms with E-state index in [0.717, 1.165) is 41.3 Å². The Labute approximate surface area is 139 Å². The summed E-state index contributed by atoms with van der Waals surface area (Å²) in [5.41, 5.74) is 7.01. The second kappa shape index (κ2) is 8.13. The van der Waals surface area contributed by atoms with Gasteiger partial charge in [-0.25, -0.2) is 0 Å². The van der Waals surface area contributed by atoms with Gasteiger partial charge < -0.3 is 0 Å². The molecule has 22 heavy (non-hydrogen) atoms. The first-order valence-electron chi connectivity index (χ1n) is 7.60. The van der Waals surface area contributed by atoms with Crippen LogP contribution in [0.1, 0.15) is 43.2 Å². The van der Waals surface area contributed by atoms with Crippen molar-refractivity contribution in [2.24, 2.45) is 5.92 Å². The molecule has 0 saturated heterocycles. The summed E-state index contributed by atoms with van der Waals surface area (Å²) in [6.07, 6.45) is 8.33. The zero-order valence-corrected chi connectivity index (χ0v) is 14.3. The molecule has 0 radical (unpaired) electrons. The maximum atomic E-state index is 11.9. The Morgan fingerprint density at radius 2 is 1.91 bits per heavy atom. The maximum absolute atomic E-state index is 11.9. The Morgan fingerprint density at radius 1 is 1.18 bits per heavy atom. The monoisotopic (exact) mass is 364 g/mol. The summed E-state index contributed by atoms with van der Waals surface area (Å²) >= 11 is 3.46. The topological polar surface area (TPSA) is 58.2 Å². The minimum atomic E-state index is -0.336. The molecule has 0 aromatic heterocycles. The molecule has 1 aromatic rings. The lowest BCUT2D eigenvalue weighted by molar-refractivity contribution is -0.130. The van der Waals surface area contributed by atoms with Crippen LogP contribution in [0.3, 0.4) is 0 Å². The van der Waals surface area contributed by atoms with Gasteiger partial charge in [0.1, 0.15) is 0 Å². The molecule has 0 bridgehead atoms. The van der Waals surface area contributed by atoms with Crippen molar-refractivity contribution in [2.45, 2.75) is 39.0 Å². The third-order valence-electron chi connectivity index (χ3n) is 3.86. The van der Waals surface area contributed by atoms with Crippen LogP contribution < -0.4 is 10.9 Å². The van der Waals surface area contributed by atoms with E-state index in [1.54, 1.807) is 6.08 Å². The van der Waals surface area contributed by atoms with E-state index in [1.165, 1.54) is 12.5 Å². The lowest BCUT2D eigenvalue weighted by Crippen LogP contribution is -2.44. The summed E-state index contributed by atoms with van der Waals surface area (Å²) in [5, 5.41) is 0. The molecule has 1 saturated carbocycles. The molecule has 0 aliphatic heterocycles. The largest absolute Gasteiger partial charge is 0.273 e. The molecule has 1 aliphatic rings. The first-order chi connectivity index (χ1) is 10.6. The zero-order valence-electron chi connectivity index (χ0n) is 12.7. The Bertz CT molecular complexity index is 578. The standard InChI is InChI=1S/C17H21BrN2O2/c1-12-7-8-13(15(18)11-12)9-10-16(21)19-20-17(22)14-5-3-2-4-6-14/h7-11,14H,2-6H2,1H3,(H,19,21)(H,20,22)/b10-9+. The SMILES string of the molecule is Cc1ccc(/C=C/C(=O)NNC(=O)C2CCCCC2)c(Br)c1. The zero-order chi connectivity index (χ0) is 15.9. The highest BCUT2D eigenvalue weighted by molar-refractivity contribution is 9.10. The Morgan fingerprint density at radius 3 is 2.59 bits per heavy atom. The van der Waals surface area contributed by atoms with Gasteiger partial charge in [-0.1, -0.05) is 47.3 Å². The fourth-order valence-electron chi connectivity index (χ4n) is 2.56. The Kier molecular flexibility index (Phi) is 6.19. The number of benzene rings is 1. The average Bonchev–Trinajstić information content (AvgIpc) is 2.52. The quantitative estimate of drug-likeness (QED) is 0.636. The number of hydrazine groups is 1. The van der Waals surface area contributed by atoms with Crippen LogP contribution in [-0.4, -0.2) is 11.8 Å².